The predicted octanol–water partition coefficient (Wildman–Crippen LogP) is 5.25. The van der Waals surface area contributed by atoms with E-state index in [1.165, 1.54) is 11.1 Å². The fraction of sp³-hybridized carbons (Fsp3) is 0. The highest BCUT2D eigenvalue weighted by atomic mass is 16.6. The number of benzene rings is 4. The van der Waals surface area contributed by atoms with E-state index < -0.39 is 0 Å². The highest BCUT2D eigenvalue weighted by Crippen LogP contribution is 2.45. The maximum Gasteiger partial charge on any atom is 0.172 e. The number of hydrogen-bond acceptors (Lipinski definition) is 3. The minimum Gasteiger partial charge on any atom is -0.450 e. The SMILES string of the molecule is Bc1cc2c(cc1Nc1ccc(-c3ccccc3)cc1)Oc1ccccc1O2. The minimum atomic E-state index is 0.715. The molecule has 4 aromatic carbocycles. The lowest BCUT2D eigenvalue weighted by Gasteiger charge is -2.22. The van der Waals surface area contributed by atoms with Gasteiger partial charge in [0.25, 0.3) is 0 Å². The van der Waals surface area contributed by atoms with E-state index >= 15 is 0 Å². The summed E-state index contributed by atoms with van der Waals surface area (Å²) in [5, 5.41) is 3.49. The van der Waals surface area contributed by atoms with Gasteiger partial charge in [-0.2, -0.15) is 0 Å². The molecule has 0 aromatic heterocycles. The summed E-state index contributed by atoms with van der Waals surface area (Å²) in [7, 11) is 2.06. The molecule has 1 heterocycles. The number of rotatable bonds is 3. The van der Waals surface area contributed by atoms with E-state index in [0.717, 1.165) is 34.1 Å². The Kier molecular flexibility index (Phi) is 4.02. The lowest BCUT2D eigenvalue weighted by atomic mass is 9.93. The average molecular weight is 363 g/mol. The summed E-state index contributed by atoms with van der Waals surface area (Å²) >= 11 is 0. The number of hydrogen-bond donors (Lipinski definition) is 1. The van der Waals surface area contributed by atoms with Gasteiger partial charge in [-0.25, -0.2) is 0 Å². The van der Waals surface area contributed by atoms with Crippen LogP contribution in [0, 0.1) is 0 Å². The first-order valence-electron chi connectivity index (χ1n) is 9.28. The molecule has 0 spiro atoms. The Morgan fingerprint density at radius 1 is 0.571 bits per heavy atom. The van der Waals surface area contributed by atoms with Gasteiger partial charge in [0.15, 0.2) is 23.0 Å². The van der Waals surface area contributed by atoms with E-state index in [4.69, 9.17) is 9.47 Å². The molecule has 0 radical (unpaired) electrons. The summed E-state index contributed by atoms with van der Waals surface area (Å²) in [6.45, 7) is 0. The molecule has 28 heavy (non-hydrogen) atoms. The zero-order valence-corrected chi connectivity index (χ0v) is 15.5. The standard InChI is InChI=1S/C24H18BNO2/c25-19-14-23-24(28-22-9-5-4-8-21(22)27-23)15-20(19)26-18-12-10-17(11-13-18)16-6-2-1-3-7-16/h1-15,26H,25H2. The molecule has 134 valence electrons. The summed E-state index contributed by atoms with van der Waals surface area (Å²) in [6.07, 6.45) is 0. The molecule has 0 aliphatic carbocycles. The molecule has 0 amide bonds. The van der Waals surface area contributed by atoms with Crippen molar-refractivity contribution in [2.24, 2.45) is 0 Å². The average Bonchev–Trinajstić information content (AvgIpc) is 2.74. The van der Waals surface area contributed by atoms with Gasteiger partial charge in [0, 0.05) is 17.4 Å². The first kappa shape index (κ1) is 16.5. The third-order valence-corrected chi connectivity index (χ3v) is 4.85. The third-order valence-electron chi connectivity index (χ3n) is 4.85. The first-order chi connectivity index (χ1) is 13.8. The molecule has 0 atom stereocenters. The Hall–Kier alpha value is -3.66. The van der Waals surface area contributed by atoms with Crippen molar-refractivity contribution in [2.75, 3.05) is 5.32 Å². The summed E-state index contributed by atoms with van der Waals surface area (Å²) < 4.78 is 12.0. The molecule has 0 saturated carbocycles. The van der Waals surface area contributed by atoms with Crippen molar-refractivity contribution in [3.63, 3.8) is 0 Å². The van der Waals surface area contributed by atoms with E-state index in [9.17, 15) is 0 Å². The number of anilines is 2. The van der Waals surface area contributed by atoms with Gasteiger partial charge < -0.3 is 14.8 Å². The van der Waals surface area contributed by atoms with Crippen LogP contribution in [-0.2, 0) is 0 Å². The van der Waals surface area contributed by atoms with Gasteiger partial charge in [0.05, 0.1) is 0 Å². The molecule has 1 aliphatic rings. The molecule has 5 rings (SSSR count). The van der Waals surface area contributed by atoms with Gasteiger partial charge in [-0.3, -0.25) is 0 Å². The molecule has 0 unspecified atom stereocenters. The van der Waals surface area contributed by atoms with E-state index in [1.807, 2.05) is 42.5 Å². The Bertz CT molecular complexity index is 1140. The van der Waals surface area contributed by atoms with Gasteiger partial charge in [0.2, 0.25) is 0 Å². The summed E-state index contributed by atoms with van der Waals surface area (Å²) in [5.74, 6) is 2.93. The number of fused-ring (bicyclic) bond motifs is 2. The molecule has 0 saturated heterocycles. The van der Waals surface area contributed by atoms with Gasteiger partial charge >= 0.3 is 0 Å². The summed E-state index contributed by atoms with van der Waals surface area (Å²) in [4.78, 5) is 0. The van der Waals surface area contributed by atoms with Crippen molar-refractivity contribution in [1.82, 2.24) is 0 Å². The largest absolute Gasteiger partial charge is 0.450 e. The highest BCUT2D eigenvalue weighted by Gasteiger charge is 2.19. The Morgan fingerprint density at radius 3 is 1.82 bits per heavy atom. The van der Waals surface area contributed by atoms with E-state index in [0.29, 0.717) is 5.75 Å². The quantitative estimate of drug-likeness (QED) is 0.444. The van der Waals surface area contributed by atoms with Crippen LogP contribution < -0.4 is 20.3 Å². The van der Waals surface area contributed by atoms with Crippen molar-refractivity contribution in [2.45, 2.75) is 0 Å². The lowest BCUT2D eigenvalue weighted by Crippen LogP contribution is -2.12. The zero-order chi connectivity index (χ0) is 18.9. The van der Waals surface area contributed by atoms with Crippen LogP contribution in [-0.4, -0.2) is 7.85 Å². The lowest BCUT2D eigenvalue weighted by molar-refractivity contribution is 0.360. The van der Waals surface area contributed by atoms with Crippen molar-refractivity contribution in [3.05, 3.63) is 91.0 Å². The van der Waals surface area contributed by atoms with Crippen molar-refractivity contribution < 1.29 is 9.47 Å². The fourth-order valence-corrected chi connectivity index (χ4v) is 3.34. The van der Waals surface area contributed by atoms with Crippen LogP contribution >= 0.6 is 0 Å². The first-order valence-corrected chi connectivity index (χ1v) is 9.28. The Labute approximate surface area is 165 Å². The van der Waals surface area contributed by atoms with Crippen LogP contribution in [0.15, 0.2) is 91.0 Å². The Morgan fingerprint density at radius 2 is 1.14 bits per heavy atom. The monoisotopic (exact) mass is 363 g/mol. The molecule has 4 aromatic rings. The normalized spacial score (nSPS) is 11.6. The van der Waals surface area contributed by atoms with Crippen LogP contribution in [0.5, 0.6) is 23.0 Å². The van der Waals surface area contributed by atoms with E-state index in [-0.39, 0.29) is 0 Å². The second-order valence-corrected chi connectivity index (χ2v) is 6.83. The number of nitrogens with one attached hydrogen (secondary N) is 1. The van der Waals surface area contributed by atoms with Crippen LogP contribution in [0.3, 0.4) is 0 Å². The molecule has 4 heteroatoms. The molecule has 1 N–H and O–H groups in total. The molecular weight excluding hydrogens is 345 g/mol. The van der Waals surface area contributed by atoms with Gasteiger partial charge in [-0.05, 0) is 41.5 Å². The molecular formula is C24H18BNO2. The second-order valence-electron chi connectivity index (χ2n) is 6.83. The minimum absolute atomic E-state index is 0.715. The fourth-order valence-electron chi connectivity index (χ4n) is 3.34. The molecule has 1 aliphatic heterocycles. The van der Waals surface area contributed by atoms with Crippen LogP contribution in [0.2, 0.25) is 0 Å². The molecule has 0 fully saturated rings. The van der Waals surface area contributed by atoms with Crippen molar-refractivity contribution >= 4 is 24.7 Å². The highest BCUT2D eigenvalue weighted by molar-refractivity contribution is 6.36. The number of ether oxygens (including phenoxy) is 2. The van der Waals surface area contributed by atoms with Crippen molar-refractivity contribution in [3.8, 4) is 34.1 Å². The van der Waals surface area contributed by atoms with Crippen LogP contribution in [0.4, 0.5) is 11.4 Å². The van der Waals surface area contributed by atoms with Gasteiger partial charge in [0.1, 0.15) is 7.85 Å². The van der Waals surface area contributed by atoms with Gasteiger partial charge in [-0.15, -0.1) is 0 Å². The van der Waals surface area contributed by atoms with Crippen LogP contribution in [0.25, 0.3) is 11.1 Å². The van der Waals surface area contributed by atoms with E-state index in [1.54, 1.807) is 0 Å². The maximum atomic E-state index is 6.02. The molecule has 3 nitrogen and oxygen atoms in total. The van der Waals surface area contributed by atoms with Crippen molar-refractivity contribution in [1.29, 1.82) is 0 Å². The number of para-hydroxylation sites is 2. The maximum absolute atomic E-state index is 6.02. The van der Waals surface area contributed by atoms with Gasteiger partial charge in [-0.1, -0.05) is 60.1 Å². The van der Waals surface area contributed by atoms with Crippen LogP contribution in [0.1, 0.15) is 0 Å². The second kappa shape index (κ2) is 6.82. The smallest absolute Gasteiger partial charge is 0.172 e. The third kappa shape index (κ3) is 3.10. The molecule has 0 bridgehead atoms. The summed E-state index contributed by atoms with van der Waals surface area (Å²) in [6, 6.07) is 30.5. The summed E-state index contributed by atoms with van der Waals surface area (Å²) in [5.41, 5.74) is 5.52. The Balaban J connectivity index is 1.40. The zero-order valence-electron chi connectivity index (χ0n) is 15.5. The topological polar surface area (TPSA) is 30.5 Å². The van der Waals surface area contributed by atoms with E-state index in [2.05, 4.69) is 61.7 Å². The predicted molar refractivity (Wildman–Crippen MR) is 116 cm³/mol.